The van der Waals surface area contributed by atoms with Crippen molar-refractivity contribution in [1.82, 2.24) is 10.6 Å². The molecule has 0 aromatic heterocycles. The summed E-state index contributed by atoms with van der Waals surface area (Å²) >= 11 is 9.55. The van der Waals surface area contributed by atoms with Gasteiger partial charge in [0, 0.05) is 28.6 Å². The number of hydrogen-bond donors (Lipinski definition) is 2. The van der Waals surface area contributed by atoms with E-state index in [0.29, 0.717) is 6.54 Å². The van der Waals surface area contributed by atoms with Gasteiger partial charge in [-0.25, -0.2) is 0 Å². The van der Waals surface area contributed by atoms with Gasteiger partial charge in [0.1, 0.15) is 0 Å². The van der Waals surface area contributed by atoms with Gasteiger partial charge in [-0.2, -0.15) is 0 Å². The van der Waals surface area contributed by atoms with E-state index in [1.807, 2.05) is 18.2 Å². The van der Waals surface area contributed by atoms with Crippen molar-refractivity contribution in [3.63, 3.8) is 0 Å². The van der Waals surface area contributed by atoms with E-state index in [2.05, 4.69) is 52.3 Å². The number of rotatable bonds is 2. The predicted octanol–water partition coefficient (Wildman–Crippen LogP) is 3.57. The lowest BCUT2D eigenvalue weighted by molar-refractivity contribution is 0.501. The lowest BCUT2D eigenvalue weighted by Crippen LogP contribution is -2.47. The van der Waals surface area contributed by atoms with E-state index < -0.39 is 0 Å². The van der Waals surface area contributed by atoms with E-state index in [4.69, 9.17) is 11.6 Å². The van der Waals surface area contributed by atoms with Crippen LogP contribution in [0.5, 0.6) is 0 Å². The molecule has 0 bridgehead atoms. The molecule has 0 radical (unpaired) electrons. The lowest BCUT2D eigenvalue weighted by Gasteiger charge is -2.23. The Morgan fingerprint density at radius 2 is 2.06 bits per heavy atom. The fourth-order valence-electron chi connectivity index (χ4n) is 1.38. The van der Waals surface area contributed by atoms with Gasteiger partial charge in [0.05, 0.1) is 0 Å². The largest absolute Gasteiger partial charge is 0.352 e. The smallest absolute Gasteiger partial charge is 0.191 e. The number of hydrogen-bond acceptors (Lipinski definition) is 1. The second-order valence-corrected chi connectivity index (χ2v) is 6.36. The first-order chi connectivity index (χ1) is 8.31. The first kappa shape index (κ1) is 15.3. The maximum absolute atomic E-state index is 6.16. The minimum absolute atomic E-state index is 0.0225. The van der Waals surface area contributed by atoms with Gasteiger partial charge in [-0.3, -0.25) is 4.99 Å². The second-order valence-electron chi connectivity index (χ2n) is 5.04. The Hall–Kier alpha value is -0.740. The van der Waals surface area contributed by atoms with Crippen molar-refractivity contribution < 1.29 is 0 Å². The zero-order valence-electron chi connectivity index (χ0n) is 11.1. The summed E-state index contributed by atoms with van der Waals surface area (Å²) in [5.41, 5.74) is 1.02. The Morgan fingerprint density at radius 3 is 2.56 bits per heavy atom. The Morgan fingerprint density at radius 1 is 1.39 bits per heavy atom. The molecule has 0 saturated heterocycles. The molecule has 0 aliphatic carbocycles. The van der Waals surface area contributed by atoms with Crippen LogP contribution in [-0.4, -0.2) is 18.5 Å². The number of guanidine groups is 1. The Labute approximate surface area is 122 Å². The molecule has 1 aromatic rings. The van der Waals surface area contributed by atoms with Gasteiger partial charge < -0.3 is 10.6 Å². The molecule has 18 heavy (non-hydrogen) atoms. The highest BCUT2D eigenvalue weighted by molar-refractivity contribution is 9.10. The maximum Gasteiger partial charge on any atom is 0.191 e. The van der Waals surface area contributed by atoms with Gasteiger partial charge >= 0.3 is 0 Å². The molecule has 0 fully saturated rings. The van der Waals surface area contributed by atoms with Crippen molar-refractivity contribution in [2.24, 2.45) is 4.99 Å². The number of benzene rings is 1. The molecule has 0 saturated carbocycles. The average Bonchev–Trinajstić information content (AvgIpc) is 2.24. The van der Waals surface area contributed by atoms with E-state index in [0.717, 1.165) is 21.0 Å². The second kappa shape index (κ2) is 6.43. The monoisotopic (exact) mass is 331 g/mol. The highest BCUT2D eigenvalue weighted by Crippen LogP contribution is 2.21. The molecular weight excluding hydrogens is 314 g/mol. The van der Waals surface area contributed by atoms with Crippen LogP contribution in [-0.2, 0) is 6.54 Å². The summed E-state index contributed by atoms with van der Waals surface area (Å²) in [5, 5.41) is 7.27. The molecule has 3 nitrogen and oxygen atoms in total. The Kier molecular flexibility index (Phi) is 5.47. The summed E-state index contributed by atoms with van der Waals surface area (Å²) < 4.78 is 0.980. The Bertz CT molecular complexity index is 438. The summed E-state index contributed by atoms with van der Waals surface area (Å²) in [4.78, 5) is 4.18. The molecule has 0 aliphatic heterocycles. The quantitative estimate of drug-likeness (QED) is 0.641. The lowest BCUT2D eigenvalue weighted by atomic mass is 10.1. The molecule has 1 aromatic carbocycles. The van der Waals surface area contributed by atoms with Gasteiger partial charge in [-0.15, -0.1) is 0 Å². The topological polar surface area (TPSA) is 36.4 Å². The maximum atomic E-state index is 6.16. The van der Waals surface area contributed by atoms with Crippen LogP contribution < -0.4 is 10.6 Å². The van der Waals surface area contributed by atoms with Gasteiger partial charge in [0.25, 0.3) is 0 Å². The van der Waals surface area contributed by atoms with Crippen LogP contribution in [0, 0.1) is 0 Å². The van der Waals surface area contributed by atoms with Crippen molar-refractivity contribution in [3.05, 3.63) is 33.3 Å². The minimum atomic E-state index is -0.0225. The number of nitrogens with zero attached hydrogens (tertiary/aromatic N) is 1. The Balaban J connectivity index is 2.64. The van der Waals surface area contributed by atoms with E-state index in [-0.39, 0.29) is 5.54 Å². The van der Waals surface area contributed by atoms with Crippen molar-refractivity contribution in [2.75, 3.05) is 7.05 Å². The van der Waals surface area contributed by atoms with E-state index in [9.17, 15) is 0 Å². The molecule has 0 amide bonds. The fourth-order valence-corrected chi connectivity index (χ4v) is 2.12. The molecule has 0 unspecified atom stereocenters. The SMILES string of the molecule is CN=C(NCc1ccc(Br)cc1Cl)NC(C)(C)C. The highest BCUT2D eigenvalue weighted by atomic mass is 79.9. The number of nitrogens with one attached hydrogen (secondary N) is 2. The molecule has 0 atom stereocenters. The van der Waals surface area contributed by atoms with Gasteiger partial charge in [0.2, 0.25) is 0 Å². The average molecular weight is 333 g/mol. The number of aliphatic imine (C=N–C) groups is 1. The molecule has 1 rings (SSSR count). The van der Waals surface area contributed by atoms with E-state index in [1.165, 1.54) is 0 Å². The summed E-state index contributed by atoms with van der Waals surface area (Å²) in [5.74, 6) is 0.765. The van der Waals surface area contributed by atoms with Crippen LogP contribution in [0.4, 0.5) is 0 Å². The third-order valence-electron chi connectivity index (χ3n) is 2.18. The molecule has 0 spiro atoms. The molecule has 100 valence electrons. The van der Waals surface area contributed by atoms with Crippen LogP contribution in [0.3, 0.4) is 0 Å². The van der Waals surface area contributed by atoms with E-state index in [1.54, 1.807) is 7.05 Å². The van der Waals surface area contributed by atoms with Crippen LogP contribution in [0.1, 0.15) is 26.3 Å². The van der Waals surface area contributed by atoms with Gasteiger partial charge in [-0.1, -0.05) is 33.6 Å². The zero-order valence-corrected chi connectivity index (χ0v) is 13.5. The van der Waals surface area contributed by atoms with E-state index >= 15 is 0 Å². The van der Waals surface area contributed by atoms with Crippen LogP contribution >= 0.6 is 27.5 Å². The third kappa shape index (κ3) is 5.27. The van der Waals surface area contributed by atoms with Crippen LogP contribution in [0.2, 0.25) is 5.02 Å². The standard InChI is InChI=1S/C13H19BrClN3/c1-13(2,3)18-12(16-4)17-8-9-5-6-10(14)7-11(9)15/h5-7H,8H2,1-4H3,(H2,16,17,18). The van der Waals surface area contributed by atoms with Crippen molar-refractivity contribution in [1.29, 1.82) is 0 Å². The predicted molar refractivity (Wildman–Crippen MR) is 82.2 cm³/mol. The first-order valence-electron chi connectivity index (χ1n) is 5.74. The molecule has 0 heterocycles. The zero-order chi connectivity index (χ0) is 13.8. The first-order valence-corrected chi connectivity index (χ1v) is 6.91. The molecule has 0 aliphatic rings. The van der Waals surface area contributed by atoms with Crippen LogP contribution in [0.25, 0.3) is 0 Å². The van der Waals surface area contributed by atoms with Crippen LogP contribution in [0.15, 0.2) is 27.7 Å². The van der Waals surface area contributed by atoms with Crippen molar-refractivity contribution in [2.45, 2.75) is 32.9 Å². The molecular formula is C13H19BrClN3. The summed E-state index contributed by atoms with van der Waals surface area (Å²) in [6.07, 6.45) is 0. The summed E-state index contributed by atoms with van der Waals surface area (Å²) in [7, 11) is 1.75. The molecule has 2 N–H and O–H groups in total. The summed E-state index contributed by atoms with van der Waals surface area (Å²) in [6, 6.07) is 5.85. The van der Waals surface area contributed by atoms with Gasteiger partial charge in [-0.05, 0) is 38.5 Å². The summed E-state index contributed by atoms with van der Waals surface area (Å²) in [6.45, 7) is 6.91. The fraction of sp³-hybridized carbons (Fsp3) is 0.462. The van der Waals surface area contributed by atoms with Crippen molar-refractivity contribution in [3.8, 4) is 0 Å². The van der Waals surface area contributed by atoms with Gasteiger partial charge in [0.15, 0.2) is 5.96 Å². The minimum Gasteiger partial charge on any atom is -0.352 e. The van der Waals surface area contributed by atoms with Crippen molar-refractivity contribution >= 4 is 33.5 Å². The molecule has 5 heteroatoms. The highest BCUT2D eigenvalue weighted by Gasteiger charge is 2.11. The number of halogens is 2. The normalized spacial score (nSPS) is 12.4. The third-order valence-corrected chi connectivity index (χ3v) is 3.02.